The van der Waals surface area contributed by atoms with E-state index in [1.807, 2.05) is 13.8 Å². The molecule has 0 saturated heterocycles. The number of aromatic nitrogens is 2. The quantitative estimate of drug-likeness (QED) is 0.432. The molecule has 1 N–H and O–H groups in total. The summed E-state index contributed by atoms with van der Waals surface area (Å²) in [5.74, 6) is 1.58. The highest BCUT2D eigenvalue weighted by molar-refractivity contribution is 8.01. The maximum atomic E-state index is 12.2. The van der Waals surface area contributed by atoms with Gasteiger partial charge in [0, 0.05) is 11.3 Å². The van der Waals surface area contributed by atoms with E-state index in [1.165, 1.54) is 11.3 Å². The molecule has 7 heteroatoms. The van der Waals surface area contributed by atoms with Gasteiger partial charge < -0.3 is 4.74 Å². The van der Waals surface area contributed by atoms with Gasteiger partial charge in [0.1, 0.15) is 5.75 Å². The molecule has 0 aliphatic rings. The predicted molar refractivity (Wildman–Crippen MR) is 95.7 cm³/mol. The van der Waals surface area contributed by atoms with E-state index in [-0.39, 0.29) is 12.0 Å². The standard InChI is InChI=1S/C16H21N3O2S2/c1-4-5-10-22-16-19-18-15(23-16)17-14(20)12-6-8-13(9-7-12)21-11(2)3/h6-9,11H,4-5,10H2,1-3H3,(H,17,18,20). The molecule has 1 amide bonds. The Morgan fingerprint density at radius 3 is 2.70 bits per heavy atom. The molecule has 124 valence electrons. The van der Waals surface area contributed by atoms with E-state index in [9.17, 15) is 4.79 Å². The summed E-state index contributed by atoms with van der Waals surface area (Å²) in [5.41, 5.74) is 0.566. The van der Waals surface area contributed by atoms with Gasteiger partial charge >= 0.3 is 0 Å². The number of unbranched alkanes of at least 4 members (excludes halogenated alkanes) is 1. The number of hydrogen-bond acceptors (Lipinski definition) is 6. The minimum Gasteiger partial charge on any atom is -0.491 e. The third-order valence-electron chi connectivity index (χ3n) is 2.84. The van der Waals surface area contributed by atoms with Crippen LogP contribution in [0.3, 0.4) is 0 Å². The topological polar surface area (TPSA) is 64.1 Å². The second-order valence-corrected chi connectivity index (χ2v) is 7.54. The van der Waals surface area contributed by atoms with Gasteiger partial charge in [0.2, 0.25) is 5.13 Å². The number of carbonyl (C=O) groups excluding carboxylic acids is 1. The zero-order chi connectivity index (χ0) is 16.7. The van der Waals surface area contributed by atoms with E-state index >= 15 is 0 Å². The molecule has 0 aliphatic carbocycles. The molecule has 0 aliphatic heterocycles. The van der Waals surface area contributed by atoms with Crippen molar-refractivity contribution in [2.75, 3.05) is 11.1 Å². The van der Waals surface area contributed by atoms with Crippen LogP contribution in [-0.4, -0.2) is 28.0 Å². The number of nitrogens with one attached hydrogen (secondary N) is 1. The smallest absolute Gasteiger partial charge is 0.257 e. The molecule has 0 unspecified atom stereocenters. The summed E-state index contributed by atoms with van der Waals surface area (Å²) in [6, 6.07) is 7.07. The van der Waals surface area contributed by atoms with Crippen LogP contribution in [0.1, 0.15) is 44.0 Å². The van der Waals surface area contributed by atoms with Crippen LogP contribution in [-0.2, 0) is 0 Å². The van der Waals surface area contributed by atoms with Crippen molar-refractivity contribution in [2.45, 2.75) is 44.1 Å². The summed E-state index contributed by atoms with van der Waals surface area (Å²) in [4.78, 5) is 12.2. The molecular formula is C16H21N3O2S2. The molecule has 0 atom stereocenters. The van der Waals surface area contributed by atoms with E-state index in [0.29, 0.717) is 10.7 Å². The fourth-order valence-corrected chi connectivity index (χ4v) is 3.65. The van der Waals surface area contributed by atoms with Gasteiger partial charge in [0.25, 0.3) is 5.91 Å². The second kappa shape index (κ2) is 8.88. The molecule has 1 aromatic heterocycles. The van der Waals surface area contributed by atoms with Crippen molar-refractivity contribution >= 4 is 34.1 Å². The predicted octanol–water partition coefficient (Wildman–Crippen LogP) is 4.47. The van der Waals surface area contributed by atoms with Gasteiger partial charge in [-0.2, -0.15) is 0 Å². The first-order valence-electron chi connectivity index (χ1n) is 7.63. The van der Waals surface area contributed by atoms with Crippen molar-refractivity contribution in [3.05, 3.63) is 29.8 Å². The average molecular weight is 351 g/mol. The fraction of sp³-hybridized carbons (Fsp3) is 0.438. The second-order valence-electron chi connectivity index (χ2n) is 5.22. The average Bonchev–Trinajstić information content (AvgIpc) is 2.95. The highest BCUT2D eigenvalue weighted by Crippen LogP contribution is 2.26. The number of amides is 1. The van der Waals surface area contributed by atoms with E-state index in [2.05, 4.69) is 22.4 Å². The van der Waals surface area contributed by atoms with Crippen LogP contribution in [0.2, 0.25) is 0 Å². The first-order valence-corrected chi connectivity index (χ1v) is 9.43. The van der Waals surface area contributed by atoms with Crippen LogP contribution in [0.25, 0.3) is 0 Å². The van der Waals surface area contributed by atoms with E-state index in [4.69, 9.17) is 4.74 Å². The minimum atomic E-state index is -0.192. The normalized spacial score (nSPS) is 10.8. The number of thioether (sulfide) groups is 1. The maximum Gasteiger partial charge on any atom is 0.257 e. The molecule has 5 nitrogen and oxygen atoms in total. The first-order chi connectivity index (χ1) is 11.1. The Morgan fingerprint density at radius 2 is 2.04 bits per heavy atom. The van der Waals surface area contributed by atoms with Gasteiger partial charge in [-0.25, -0.2) is 0 Å². The largest absolute Gasteiger partial charge is 0.491 e. The lowest BCUT2D eigenvalue weighted by Crippen LogP contribution is -2.12. The number of benzene rings is 1. The van der Waals surface area contributed by atoms with Gasteiger partial charge in [-0.1, -0.05) is 36.4 Å². The molecule has 0 fully saturated rings. The molecule has 2 aromatic rings. The number of carbonyl (C=O) groups is 1. The Labute approximate surface area is 144 Å². The zero-order valence-electron chi connectivity index (χ0n) is 13.5. The Morgan fingerprint density at radius 1 is 1.30 bits per heavy atom. The Hall–Kier alpha value is -1.60. The van der Waals surface area contributed by atoms with Gasteiger partial charge in [0.05, 0.1) is 6.10 Å². The number of rotatable bonds is 8. The first kappa shape index (κ1) is 17.7. The molecule has 0 bridgehead atoms. The monoisotopic (exact) mass is 351 g/mol. The summed E-state index contributed by atoms with van der Waals surface area (Å²) >= 11 is 3.08. The van der Waals surface area contributed by atoms with Crippen molar-refractivity contribution in [3.63, 3.8) is 0 Å². The van der Waals surface area contributed by atoms with Gasteiger partial charge in [-0.15, -0.1) is 10.2 Å². The van der Waals surface area contributed by atoms with Crippen LogP contribution in [0.5, 0.6) is 5.75 Å². The highest BCUT2D eigenvalue weighted by atomic mass is 32.2. The third-order valence-corrected chi connectivity index (χ3v) is 4.90. The van der Waals surface area contributed by atoms with Crippen molar-refractivity contribution in [3.8, 4) is 5.75 Å². The molecule has 0 spiro atoms. The van der Waals surface area contributed by atoms with Crippen LogP contribution >= 0.6 is 23.1 Å². The van der Waals surface area contributed by atoms with E-state index in [0.717, 1.165) is 28.7 Å². The fourth-order valence-electron chi connectivity index (χ4n) is 1.75. The molecule has 0 radical (unpaired) electrons. The summed E-state index contributed by atoms with van der Waals surface area (Å²) in [6.45, 7) is 6.09. The highest BCUT2D eigenvalue weighted by Gasteiger charge is 2.11. The van der Waals surface area contributed by atoms with Crippen molar-refractivity contribution < 1.29 is 9.53 Å². The number of hydrogen-bond donors (Lipinski definition) is 1. The van der Waals surface area contributed by atoms with Crippen LogP contribution < -0.4 is 10.1 Å². The number of nitrogens with zero attached hydrogens (tertiary/aromatic N) is 2. The maximum absolute atomic E-state index is 12.2. The van der Waals surface area contributed by atoms with E-state index < -0.39 is 0 Å². The Balaban J connectivity index is 1.91. The lowest BCUT2D eigenvalue weighted by Gasteiger charge is -2.09. The number of anilines is 1. The van der Waals surface area contributed by atoms with Crippen LogP contribution in [0.15, 0.2) is 28.6 Å². The SMILES string of the molecule is CCCCSc1nnc(NC(=O)c2ccc(OC(C)C)cc2)s1. The van der Waals surface area contributed by atoms with Crippen LogP contribution in [0.4, 0.5) is 5.13 Å². The molecule has 1 aromatic carbocycles. The summed E-state index contributed by atoms with van der Waals surface area (Å²) in [5, 5.41) is 11.4. The Bertz CT molecular complexity index is 627. The number of ether oxygens (including phenoxy) is 1. The lowest BCUT2D eigenvalue weighted by atomic mass is 10.2. The molecule has 1 heterocycles. The third kappa shape index (κ3) is 5.84. The molecule has 2 rings (SSSR count). The zero-order valence-corrected chi connectivity index (χ0v) is 15.2. The summed E-state index contributed by atoms with van der Waals surface area (Å²) < 4.78 is 6.45. The van der Waals surface area contributed by atoms with Crippen LogP contribution in [0, 0.1) is 0 Å². The lowest BCUT2D eigenvalue weighted by molar-refractivity contribution is 0.102. The van der Waals surface area contributed by atoms with Crippen molar-refractivity contribution in [1.82, 2.24) is 10.2 Å². The van der Waals surface area contributed by atoms with Gasteiger partial charge in [0.15, 0.2) is 4.34 Å². The van der Waals surface area contributed by atoms with E-state index in [1.54, 1.807) is 36.0 Å². The molecule has 23 heavy (non-hydrogen) atoms. The van der Waals surface area contributed by atoms with Gasteiger partial charge in [-0.3, -0.25) is 10.1 Å². The summed E-state index contributed by atoms with van der Waals surface area (Å²) in [7, 11) is 0. The molecular weight excluding hydrogens is 330 g/mol. The molecule has 0 saturated carbocycles. The minimum absolute atomic E-state index is 0.111. The Kier molecular flexibility index (Phi) is 6.85. The van der Waals surface area contributed by atoms with Gasteiger partial charge in [-0.05, 0) is 44.5 Å². The summed E-state index contributed by atoms with van der Waals surface area (Å²) in [6.07, 6.45) is 2.42. The van der Waals surface area contributed by atoms with Crippen molar-refractivity contribution in [1.29, 1.82) is 0 Å². The van der Waals surface area contributed by atoms with Crippen molar-refractivity contribution in [2.24, 2.45) is 0 Å².